The molecule has 1 saturated carbocycles. The molecule has 0 aliphatic heterocycles. The fraction of sp³-hybridized carbons (Fsp3) is 0.625. The SMILES string of the molecule is CCCNc1ccccc1S(=O)(=O)NC1CCCCCC1. The maximum atomic E-state index is 12.6. The van der Waals surface area contributed by atoms with Crippen molar-refractivity contribution in [1.82, 2.24) is 4.72 Å². The van der Waals surface area contributed by atoms with Crippen LogP contribution in [-0.2, 0) is 10.0 Å². The van der Waals surface area contributed by atoms with Crippen LogP contribution in [0.4, 0.5) is 5.69 Å². The maximum absolute atomic E-state index is 12.6. The number of nitrogens with one attached hydrogen (secondary N) is 2. The summed E-state index contributed by atoms with van der Waals surface area (Å²) in [6, 6.07) is 7.23. The number of sulfonamides is 1. The summed E-state index contributed by atoms with van der Waals surface area (Å²) in [5, 5.41) is 3.20. The minimum Gasteiger partial charge on any atom is -0.384 e. The van der Waals surface area contributed by atoms with Crippen LogP contribution in [0.3, 0.4) is 0 Å². The molecule has 0 spiro atoms. The second-order valence-corrected chi connectivity index (χ2v) is 7.42. The first kappa shape index (κ1) is 16.3. The van der Waals surface area contributed by atoms with E-state index in [9.17, 15) is 8.42 Å². The Kier molecular flexibility index (Phi) is 6.06. The first-order chi connectivity index (χ1) is 10.1. The van der Waals surface area contributed by atoms with Gasteiger partial charge in [0.05, 0.1) is 5.69 Å². The molecule has 2 N–H and O–H groups in total. The molecule has 1 aromatic carbocycles. The van der Waals surface area contributed by atoms with E-state index in [1.165, 1.54) is 12.8 Å². The number of benzene rings is 1. The third-order valence-corrected chi connectivity index (χ3v) is 5.50. The van der Waals surface area contributed by atoms with Crippen LogP contribution in [0.25, 0.3) is 0 Å². The van der Waals surface area contributed by atoms with Crippen molar-refractivity contribution in [3.63, 3.8) is 0 Å². The standard InChI is InChI=1S/C16H26N2O2S/c1-2-13-17-15-11-7-8-12-16(15)21(19,20)18-14-9-5-3-4-6-10-14/h7-8,11-12,14,17-18H,2-6,9-10,13H2,1H3. The van der Waals surface area contributed by atoms with Gasteiger partial charge in [0.25, 0.3) is 0 Å². The highest BCUT2D eigenvalue weighted by atomic mass is 32.2. The number of hydrogen-bond donors (Lipinski definition) is 2. The van der Waals surface area contributed by atoms with Crippen molar-refractivity contribution < 1.29 is 8.42 Å². The molecule has 1 aromatic rings. The van der Waals surface area contributed by atoms with E-state index in [-0.39, 0.29) is 6.04 Å². The largest absolute Gasteiger partial charge is 0.384 e. The van der Waals surface area contributed by atoms with E-state index in [1.54, 1.807) is 12.1 Å². The summed E-state index contributed by atoms with van der Waals surface area (Å²) in [4.78, 5) is 0.364. The molecule has 1 aliphatic carbocycles. The van der Waals surface area contributed by atoms with Gasteiger partial charge in [-0.2, -0.15) is 0 Å². The molecule has 0 atom stereocenters. The van der Waals surface area contributed by atoms with Crippen molar-refractivity contribution in [3.8, 4) is 0 Å². The van der Waals surface area contributed by atoms with Crippen molar-refractivity contribution in [2.24, 2.45) is 0 Å². The molecule has 0 heterocycles. The Labute approximate surface area is 128 Å². The summed E-state index contributed by atoms with van der Waals surface area (Å²) in [5.41, 5.74) is 0.695. The quantitative estimate of drug-likeness (QED) is 0.791. The van der Waals surface area contributed by atoms with Gasteiger partial charge in [0.15, 0.2) is 0 Å². The summed E-state index contributed by atoms with van der Waals surface area (Å²) < 4.78 is 28.2. The lowest BCUT2D eigenvalue weighted by Gasteiger charge is -2.18. The zero-order valence-electron chi connectivity index (χ0n) is 12.8. The predicted molar refractivity (Wildman–Crippen MR) is 87.0 cm³/mol. The fourth-order valence-electron chi connectivity index (χ4n) is 2.79. The molecule has 0 aromatic heterocycles. The van der Waals surface area contributed by atoms with E-state index in [4.69, 9.17) is 0 Å². The zero-order chi connectivity index (χ0) is 15.1. The van der Waals surface area contributed by atoms with Gasteiger partial charge in [-0.15, -0.1) is 0 Å². The first-order valence-corrected chi connectivity index (χ1v) is 9.47. The highest BCUT2D eigenvalue weighted by Gasteiger charge is 2.23. The summed E-state index contributed by atoms with van der Waals surface area (Å²) in [6.45, 7) is 2.84. The van der Waals surface area contributed by atoms with E-state index in [1.807, 2.05) is 12.1 Å². The molecular formula is C16H26N2O2S. The van der Waals surface area contributed by atoms with Crippen molar-refractivity contribution in [2.45, 2.75) is 62.8 Å². The van der Waals surface area contributed by atoms with Gasteiger partial charge in [0.1, 0.15) is 4.90 Å². The first-order valence-electron chi connectivity index (χ1n) is 7.98. The smallest absolute Gasteiger partial charge is 0.242 e. The van der Waals surface area contributed by atoms with Gasteiger partial charge in [0.2, 0.25) is 10.0 Å². The Bertz CT molecular complexity index is 535. The molecule has 0 saturated heterocycles. The molecule has 4 nitrogen and oxygen atoms in total. The van der Waals surface area contributed by atoms with Crippen LogP contribution in [0.15, 0.2) is 29.2 Å². The minimum atomic E-state index is -3.45. The van der Waals surface area contributed by atoms with Gasteiger partial charge < -0.3 is 5.32 Å². The molecule has 0 unspecified atom stereocenters. The maximum Gasteiger partial charge on any atom is 0.242 e. The van der Waals surface area contributed by atoms with E-state index >= 15 is 0 Å². The Morgan fingerprint density at radius 3 is 2.43 bits per heavy atom. The Morgan fingerprint density at radius 2 is 1.76 bits per heavy atom. The van der Waals surface area contributed by atoms with Crippen molar-refractivity contribution in [2.75, 3.05) is 11.9 Å². The van der Waals surface area contributed by atoms with Gasteiger partial charge in [-0.05, 0) is 31.4 Å². The van der Waals surface area contributed by atoms with Crippen LogP contribution in [0, 0.1) is 0 Å². The van der Waals surface area contributed by atoms with Crippen LogP contribution in [-0.4, -0.2) is 21.0 Å². The molecule has 1 aliphatic rings. The van der Waals surface area contributed by atoms with Crippen molar-refractivity contribution in [1.29, 1.82) is 0 Å². The molecular weight excluding hydrogens is 284 g/mol. The van der Waals surface area contributed by atoms with Crippen LogP contribution in [0.1, 0.15) is 51.9 Å². The summed E-state index contributed by atoms with van der Waals surface area (Å²) >= 11 is 0. The minimum absolute atomic E-state index is 0.0803. The second kappa shape index (κ2) is 7.80. The zero-order valence-corrected chi connectivity index (χ0v) is 13.6. The van der Waals surface area contributed by atoms with Gasteiger partial charge in [-0.3, -0.25) is 0 Å². The van der Waals surface area contributed by atoms with Crippen LogP contribution >= 0.6 is 0 Å². The monoisotopic (exact) mass is 310 g/mol. The molecule has 0 amide bonds. The summed E-state index contributed by atoms with van der Waals surface area (Å²) in [5.74, 6) is 0. The van der Waals surface area contributed by atoms with E-state index < -0.39 is 10.0 Å². The van der Waals surface area contributed by atoms with Crippen LogP contribution in [0.5, 0.6) is 0 Å². The van der Waals surface area contributed by atoms with Crippen molar-refractivity contribution >= 4 is 15.7 Å². The molecule has 0 radical (unpaired) electrons. The van der Waals surface area contributed by atoms with E-state index in [0.29, 0.717) is 10.6 Å². The Balaban J connectivity index is 2.14. The van der Waals surface area contributed by atoms with Gasteiger partial charge in [-0.1, -0.05) is 44.7 Å². The normalized spacial score (nSPS) is 17.4. The predicted octanol–water partition coefficient (Wildman–Crippen LogP) is 3.51. The molecule has 21 heavy (non-hydrogen) atoms. The molecule has 1 fully saturated rings. The number of para-hydroxylation sites is 1. The Morgan fingerprint density at radius 1 is 1.10 bits per heavy atom. The number of anilines is 1. The highest BCUT2D eigenvalue weighted by molar-refractivity contribution is 7.89. The Hall–Kier alpha value is -1.07. The van der Waals surface area contributed by atoms with Crippen molar-refractivity contribution in [3.05, 3.63) is 24.3 Å². The van der Waals surface area contributed by atoms with Crippen LogP contribution in [0.2, 0.25) is 0 Å². The number of hydrogen-bond acceptors (Lipinski definition) is 3. The third kappa shape index (κ3) is 4.71. The molecule has 0 bridgehead atoms. The van der Waals surface area contributed by atoms with Gasteiger partial charge in [0, 0.05) is 12.6 Å². The molecule has 2 rings (SSSR count). The second-order valence-electron chi connectivity index (χ2n) is 5.73. The van der Waals surface area contributed by atoms with Crippen LogP contribution < -0.4 is 10.0 Å². The lowest BCUT2D eigenvalue weighted by molar-refractivity contribution is 0.510. The topological polar surface area (TPSA) is 58.2 Å². The number of rotatable bonds is 6. The molecule has 5 heteroatoms. The van der Waals surface area contributed by atoms with Gasteiger partial charge in [-0.25, -0.2) is 13.1 Å². The van der Waals surface area contributed by atoms with E-state index in [2.05, 4.69) is 17.0 Å². The average molecular weight is 310 g/mol. The lowest BCUT2D eigenvalue weighted by Crippen LogP contribution is -2.34. The third-order valence-electron chi connectivity index (χ3n) is 3.92. The fourth-order valence-corrected chi connectivity index (χ4v) is 4.28. The summed E-state index contributed by atoms with van der Waals surface area (Å²) in [6.07, 6.45) is 7.52. The lowest BCUT2D eigenvalue weighted by atomic mass is 10.1. The molecule has 118 valence electrons. The van der Waals surface area contributed by atoms with Gasteiger partial charge >= 0.3 is 0 Å². The van der Waals surface area contributed by atoms with E-state index in [0.717, 1.165) is 38.6 Å². The highest BCUT2D eigenvalue weighted by Crippen LogP contribution is 2.23. The summed E-state index contributed by atoms with van der Waals surface area (Å²) in [7, 11) is -3.45. The average Bonchev–Trinajstić information content (AvgIpc) is 2.73.